The Balaban J connectivity index is 1.94. The Kier molecular flexibility index (Phi) is 3.42. The molecule has 0 aliphatic carbocycles. The highest BCUT2D eigenvalue weighted by Crippen LogP contribution is 2.26. The zero-order chi connectivity index (χ0) is 16.8. The summed E-state index contributed by atoms with van der Waals surface area (Å²) < 4.78 is 5.08. The van der Waals surface area contributed by atoms with Gasteiger partial charge in [-0.15, -0.1) is 11.6 Å². The van der Waals surface area contributed by atoms with Crippen LogP contribution in [0.15, 0.2) is 41.5 Å². The summed E-state index contributed by atoms with van der Waals surface area (Å²) >= 11 is 5.94. The van der Waals surface area contributed by atoms with E-state index in [0.29, 0.717) is 17.9 Å². The van der Waals surface area contributed by atoms with E-state index < -0.39 is 0 Å². The molecule has 24 heavy (non-hydrogen) atoms. The second-order valence-electron chi connectivity index (χ2n) is 5.89. The van der Waals surface area contributed by atoms with Gasteiger partial charge in [0.25, 0.3) is 5.56 Å². The lowest BCUT2D eigenvalue weighted by molar-refractivity contribution is 0.619. The minimum absolute atomic E-state index is 0.121. The third-order valence-corrected chi connectivity index (χ3v) is 4.61. The first-order valence-corrected chi connectivity index (χ1v) is 8.13. The fraction of sp³-hybridized carbons (Fsp3) is 0.235. The van der Waals surface area contributed by atoms with E-state index in [0.717, 1.165) is 27.5 Å². The van der Waals surface area contributed by atoms with E-state index in [1.165, 1.54) is 4.68 Å². The summed E-state index contributed by atoms with van der Waals surface area (Å²) in [5, 5.41) is 10.5. The topological polar surface area (TPSA) is 57.6 Å². The standard InChI is InChI=1S/C17H16ClN5O/c1-21-6-5-12(20-21)10-23-17(24)16-14(9-19-23)13-7-11(8-18)3-4-15(13)22(16)2/h3-7,9H,8,10H2,1-2H3. The van der Waals surface area contributed by atoms with Crippen molar-refractivity contribution in [3.05, 3.63) is 58.3 Å². The molecule has 7 heteroatoms. The second-order valence-corrected chi connectivity index (χ2v) is 6.16. The maximum absolute atomic E-state index is 12.9. The zero-order valence-electron chi connectivity index (χ0n) is 13.4. The van der Waals surface area contributed by atoms with Crippen LogP contribution in [0.5, 0.6) is 0 Å². The molecule has 1 aromatic carbocycles. The minimum atomic E-state index is -0.121. The highest BCUT2D eigenvalue weighted by molar-refractivity contribution is 6.17. The molecule has 3 heterocycles. The van der Waals surface area contributed by atoms with Gasteiger partial charge < -0.3 is 4.57 Å². The summed E-state index contributed by atoms with van der Waals surface area (Å²) in [5.74, 6) is 0.441. The first-order valence-electron chi connectivity index (χ1n) is 7.60. The summed E-state index contributed by atoms with van der Waals surface area (Å²) in [6, 6.07) is 7.88. The summed E-state index contributed by atoms with van der Waals surface area (Å²) in [4.78, 5) is 12.9. The van der Waals surface area contributed by atoms with Crippen molar-refractivity contribution in [2.24, 2.45) is 14.1 Å². The Bertz CT molecular complexity index is 1120. The predicted octanol–water partition coefficient (Wildman–Crippen LogP) is 2.41. The Morgan fingerprint density at radius 2 is 2.00 bits per heavy atom. The monoisotopic (exact) mass is 341 g/mol. The van der Waals surface area contributed by atoms with Crippen molar-refractivity contribution in [1.29, 1.82) is 0 Å². The van der Waals surface area contributed by atoms with Crippen LogP contribution in [0.25, 0.3) is 21.8 Å². The quantitative estimate of drug-likeness (QED) is 0.538. The van der Waals surface area contributed by atoms with Crippen LogP contribution in [0.2, 0.25) is 0 Å². The number of benzene rings is 1. The Morgan fingerprint density at radius 1 is 1.17 bits per heavy atom. The second kappa shape index (κ2) is 5.49. The Morgan fingerprint density at radius 3 is 2.71 bits per heavy atom. The third kappa shape index (κ3) is 2.22. The van der Waals surface area contributed by atoms with Crippen molar-refractivity contribution in [3.63, 3.8) is 0 Å². The van der Waals surface area contributed by atoms with Crippen LogP contribution < -0.4 is 5.56 Å². The molecular weight excluding hydrogens is 326 g/mol. The van der Waals surface area contributed by atoms with Crippen LogP contribution in [0.1, 0.15) is 11.3 Å². The maximum atomic E-state index is 12.9. The molecule has 0 radical (unpaired) electrons. The van der Waals surface area contributed by atoms with Crippen molar-refractivity contribution in [3.8, 4) is 0 Å². The molecule has 0 saturated carbocycles. The van der Waals surface area contributed by atoms with E-state index >= 15 is 0 Å². The van der Waals surface area contributed by atoms with Gasteiger partial charge >= 0.3 is 0 Å². The summed E-state index contributed by atoms with van der Waals surface area (Å²) in [6.45, 7) is 0.351. The highest BCUT2D eigenvalue weighted by Gasteiger charge is 2.14. The molecule has 0 N–H and O–H groups in total. The number of halogens is 1. The molecule has 4 rings (SSSR count). The molecule has 0 fully saturated rings. The van der Waals surface area contributed by atoms with Crippen molar-refractivity contribution >= 4 is 33.4 Å². The van der Waals surface area contributed by atoms with Crippen molar-refractivity contribution in [2.75, 3.05) is 0 Å². The molecule has 0 bridgehead atoms. The van der Waals surface area contributed by atoms with Gasteiger partial charge in [-0.05, 0) is 23.8 Å². The van der Waals surface area contributed by atoms with Crippen LogP contribution in [-0.2, 0) is 26.5 Å². The normalized spacial score (nSPS) is 11.6. The highest BCUT2D eigenvalue weighted by atomic mass is 35.5. The first-order chi connectivity index (χ1) is 11.6. The first kappa shape index (κ1) is 15.0. The summed E-state index contributed by atoms with van der Waals surface area (Å²) in [6.07, 6.45) is 3.60. The summed E-state index contributed by atoms with van der Waals surface area (Å²) in [7, 11) is 3.75. The molecule has 122 valence electrons. The maximum Gasteiger partial charge on any atom is 0.291 e. The number of aromatic nitrogens is 5. The van der Waals surface area contributed by atoms with Gasteiger partial charge in [0, 0.05) is 42.5 Å². The fourth-order valence-electron chi connectivity index (χ4n) is 3.11. The summed E-state index contributed by atoms with van der Waals surface area (Å²) in [5.41, 5.74) is 3.34. The van der Waals surface area contributed by atoms with Gasteiger partial charge in [-0.3, -0.25) is 9.48 Å². The van der Waals surface area contributed by atoms with Crippen LogP contribution in [0.4, 0.5) is 0 Å². The van der Waals surface area contributed by atoms with E-state index in [1.54, 1.807) is 10.9 Å². The van der Waals surface area contributed by atoms with E-state index in [1.807, 2.05) is 49.1 Å². The van der Waals surface area contributed by atoms with Gasteiger partial charge in [0.1, 0.15) is 5.52 Å². The molecule has 3 aromatic heterocycles. The lowest BCUT2D eigenvalue weighted by atomic mass is 10.1. The average molecular weight is 342 g/mol. The number of aryl methyl sites for hydroxylation is 2. The molecule has 0 saturated heterocycles. The van der Waals surface area contributed by atoms with Gasteiger partial charge in [-0.2, -0.15) is 10.2 Å². The van der Waals surface area contributed by atoms with E-state index in [2.05, 4.69) is 10.2 Å². The van der Waals surface area contributed by atoms with Crippen LogP contribution in [-0.4, -0.2) is 24.1 Å². The average Bonchev–Trinajstić information content (AvgIpc) is 3.12. The van der Waals surface area contributed by atoms with Gasteiger partial charge in [0.2, 0.25) is 0 Å². The van der Waals surface area contributed by atoms with E-state index in [4.69, 9.17) is 11.6 Å². The van der Waals surface area contributed by atoms with E-state index in [-0.39, 0.29) is 5.56 Å². The molecule has 0 aliphatic rings. The Labute approximate surface area is 142 Å². The van der Waals surface area contributed by atoms with Gasteiger partial charge in [0.05, 0.1) is 18.4 Å². The SMILES string of the molecule is Cn1ccc(Cn2ncc3c4cc(CCl)ccc4n(C)c3c2=O)n1. The lowest BCUT2D eigenvalue weighted by Gasteiger charge is -2.03. The molecule has 0 unspecified atom stereocenters. The number of hydrogen-bond acceptors (Lipinski definition) is 3. The van der Waals surface area contributed by atoms with Gasteiger partial charge in [-0.25, -0.2) is 4.68 Å². The van der Waals surface area contributed by atoms with Crippen molar-refractivity contribution < 1.29 is 0 Å². The Hall–Kier alpha value is -2.60. The van der Waals surface area contributed by atoms with Gasteiger partial charge in [-0.1, -0.05) is 6.07 Å². The van der Waals surface area contributed by atoms with Gasteiger partial charge in [0.15, 0.2) is 0 Å². The lowest BCUT2D eigenvalue weighted by Crippen LogP contribution is -2.24. The predicted molar refractivity (Wildman–Crippen MR) is 94.3 cm³/mol. The molecule has 0 amide bonds. The molecule has 4 aromatic rings. The third-order valence-electron chi connectivity index (χ3n) is 4.30. The largest absolute Gasteiger partial charge is 0.339 e. The zero-order valence-corrected chi connectivity index (χ0v) is 14.2. The molecular formula is C17H16ClN5O. The van der Waals surface area contributed by atoms with Crippen molar-refractivity contribution in [2.45, 2.75) is 12.4 Å². The number of nitrogens with zero attached hydrogens (tertiary/aromatic N) is 5. The van der Waals surface area contributed by atoms with Crippen LogP contribution >= 0.6 is 11.6 Å². The van der Waals surface area contributed by atoms with Crippen LogP contribution in [0, 0.1) is 0 Å². The number of rotatable bonds is 3. The minimum Gasteiger partial charge on any atom is -0.339 e. The molecule has 6 nitrogen and oxygen atoms in total. The smallest absolute Gasteiger partial charge is 0.291 e. The number of hydrogen-bond donors (Lipinski definition) is 0. The number of alkyl halides is 1. The van der Waals surface area contributed by atoms with Crippen LogP contribution in [0.3, 0.4) is 0 Å². The molecule has 0 spiro atoms. The number of fused-ring (bicyclic) bond motifs is 3. The van der Waals surface area contributed by atoms with E-state index in [9.17, 15) is 4.79 Å². The fourth-order valence-corrected chi connectivity index (χ4v) is 3.27. The molecule has 0 atom stereocenters. The van der Waals surface area contributed by atoms with Crippen molar-refractivity contribution in [1.82, 2.24) is 24.1 Å². The molecule has 0 aliphatic heterocycles.